The standard InChI is InChI=1S/C14H13NO3/c1-18-14(17)15-12-7-5-10(6-8-12)11-3-2-4-13(16)9-11/h2-9,16H,1H3,(H,15,17). The first kappa shape index (κ1) is 12.0. The molecule has 0 aliphatic rings. The molecule has 0 bridgehead atoms. The molecule has 0 aliphatic heterocycles. The summed E-state index contributed by atoms with van der Waals surface area (Å²) in [4.78, 5) is 11.0. The predicted octanol–water partition coefficient (Wildman–Crippen LogP) is 3.24. The highest BCUT2D eigenvalue weighted by atomic mass is 16.5. The zero-order valence-electron chi connectivity index (χ0n) is 9.88. The Labute approximate surface area is 105 Å². The van der Waals surface area contributed by atoms with Gasteiger partial charge in [-0.3, -0.25) is 5.32 Å². The zero-order chi connectivity index (χ0) is 13.0. The van der Waals surface area contributed by atoms with Crippen LogP contribution >= 0.6 is 0 Å². The fourth-order valence-electron chi connectivity index (χ4n) is 1.60. The minimum atomic E-state index is -0.500. The van der Waals surface area contributed by atoms with Crippen molar-refractivity contribution in [2.75, 3.05) is 12.4 Å². The van der Waals surface area contributed by atoms with Crippen LogP contribution in [0.25, 0.3) is 11.1 Å². The molecule has 0 heterocycles. The average Bonchev–Trinajstić information content (AvgIpc) is 2.39. The predicted molar refractivity (Wildman–Crippen MR) is 69.6 cm³/mol. The third-order valence-electron chi connectivity index (χ3n) is 2.50. The van der Waals surface area contributed by atoms with Crippen LogP contribution in [-0.4, -0.2) is 18.3 Å². The van der Waals surface area contributed by atoms with Crippen LogP contribution in [0.4, 0.5) is 10.5 Å². The molecular weight excluding hydrogens is 230 g/mol. The molecule has 18 heavy (non-hydrogen) atoms. The lowest BCUT2D eigenvalue weighted by atomic mass is 10.1. The monoisotopic (exact) mass is 243 g/mol. The summed E-state index contributed by atoms with van der Waals surface area (Å²) in [5, 5.41) is 12.0. The van der Waals surface area contributed by atoms with Crippen molar-refractivity contribution in [2.24, 2.45) is 0 Å². The molecule has 1 amide bonds. The molecule has 0 unspecified atom stereocenters. The van der Waals surface area contributed by atoms with Crippen LogP contribution in [0, 0.1) is 0 Å². The van der Waals surface area contributed by atoms with E-state index in [1.165, 1.54) is 7.11 Å². The molecule has 0 saturated carbocycles. The van der Waals surface area contributed by atoms with Gasteiger partial charge >= 0.3 is 6.09 Å². The van der Waals surface area contributed by atoms with Gasteiger partial charge in [-0.25, -0.2) is 4.79 Å². The zero-order valence-corrected chi connectivity index (χ0v) is 9.88. The third kappa shape index (κ3) is 2.79. The van der Waals surface area contributed by atoms with Crippen LogP contribution < -0.4 is 5.32 Å². The molecular formula is C14H13NO3. The summed E-state index contributed by atoms with van der Waals surface area (Å²) in [6, 6.07) is 14.3. The number of nitrogens with one attached hydrogen (secondary N) is 1. The molecule has 4 heteroatoms. The lowest BCUT2D eigenvalue weighted by Gasteiger charge is -2.06. The first-order valence-corrected chi connectivity index (χ1v) is 5.43. The van der Waals surface area contributed by atoms with Crippen molar-refractivity contribution in [3.05, 3.63) is 48.5 Å². The van der Waals surface area contributed by atoms with Crippen molar-refractivity contribution >= 4 is 11.8 Å². The van der Waals surface area contributed by atoms with Gasteiger partial charge in [0.15, 0.2) is 0 Å². The Morgan fingerprint density at radius 1 is 1.11 bits per heavy atom. The number of amides is 1. The van der Waals surface area contributed by atoms with Crippen LogP contribution in [0.1, 0.15) is 0 Å². The molecule has 2 N–H and O–H groups in total. The van der Waals surface area contributed by atoms with Crippen LogP contribution in [0.15, 0.2) is 48.5 Å². The van der Waals surface area contributed by atoms with Crippen molar-refractivity contribution in [3.8, 4) is 16.9 Å². The molecule has 0 atom stereocenters. The quantitative estimate of drug-likeness (QED) is 0.851. The van der Waals surface area contributed by atoms with E-state index in [2.05, 4.69) is 10.1 Å². The summed E-state index contributed by atoms with van der Waals surface area (Å²) in [5.74, 6) is 0.226. The number of anilines is 1. The largest absolute Gasteiger partial charge is 0.508 e. The van der Waals surface area contributed by atoms with E-state index in [-0.39, 0.29) is 5.75 Å². The number of methoxy groups -OCH3 is 1. The van der Waals surface area contributed by atoms with E-state index in [4.69, 9.17) is 0 Å². The van der Waals surface area contributed by atoms with Gasteiger partial charge in [-0.1, -0.05) is 24.3 Å². The molecule has 2 rings (SSSR count). The number of carbonyl (C=O) groups is 1. The van der Waals surface area contributed by atoms with Gasteiger partial charge < -0.3 is 9.84 Å². The Bertz CT molecular complexity index is 549. The van der Waals surface area contributed by atoms with Gasteiger partial charge in [0.1, 0.15) is 5.75 Å². The summed E-state index contributed by atoms with van der Waals surface area (Å²) in [6.07, 6.45) is -0.500. The van der Waals surface area contributed by atoms with Crippen molar-refractivity contribution in [3.63, 3.8) is 0 Å². The van der Waals surface area contributed by atoms with Crippen LogP contribution in [0.3, 0.4) is 0 Å². The van der Waals surface area contributed by atoms with Crippen molar-refractivity contribution < 1.29 is 14.6 Å². The van der Waals surface area contributed by atoms with Crippen LogP contribution in [0.2, 0.25) is 0 Å². The first-order chi connectivity index (χ1) is 8.69. The molecule has 0 aromatic heterocycles. The Kier molecular flexibility index (Phi) is 3.48. The Morgan fingerprint density at radius 3 is 2.44 bits per heavy atom. The SMILES string of the molecule is COC(=O)Nc1ccc(-c2cccc(O)c2)cc1. The summed E-state index contributed by atoms with van der Waals surface area (Å²) in [6.45, 7) is 0. The topological polar surface area (TPSA) is 58.6 Å². The maximum atomic E-state index is 11.0. The Hall–Kier alpha value is -2.49. The van der Waals surface area contributed by atoms with Gasteiger partial charge in [0.05, 0.1) is 7.11 Å². The lowest BCUT2D eigenvalue weighted by molar-refractivity contribution is 0.187. The minimum Gasteiger partial charge on any atom is -0.508 e. The van der Waals surface area contributed by atoms with Gasteiger partial charge in [0.2, 0.25) is 0 Å². The molecule has 2 aromatic carbocycles. The summed E-state index contributed by atoms with van der Waals surface area (Å²) < 4.78 is 4.50. The molecule has 0 fully saturated rings. The second kappa shape index (κ2) is 5.23. The van der Waals surface area contributed by atoms with E-state index in [9.17, 15) is 9.90 Å². The van der Waals surface area contributed by atoms with Gasteiger partial charge in [-0.05, 0) is 35.4 Å². The van der Waals surface area contributed by atoms with Crippen molar-refractivity contribution in [1.29, 1.82) is 0 Å². The number of carbonyl (C=O) groups excluding carboxylic acids is 1. The van der Waals surface area contributed by atoms with Crippen molar-refractivity contribution in [2.45, 2.75) is 0 Å². The van der Waals surface area contributed by atoms with Crippen LogP contribution in [-0.2, 0) is 4.74 Å². The van der Waals surface area contributed by atoms with Crippen LogP contribution in [0.5, 0.6) is 5.75 Å². The summed E-state index contributed by atoms with van der Waals surface area (Å²) in [5.41, 5.74) is 2.53. The fourth-order valence-corrected chi connectivity index (χ4v) is 1.60. The normalized spacial score (nSPS) is 9.83. The number of aromatic hydroxyl groups is 1. The molecule has 4 nitrogen and oxygen atoms in total. The first-order valence-electron chi connectivity index (χ1n) is 5.43. The molecule has 0 aliphatic carbocycles. The molecule has 0 spiro atoms. The number of phenolic OH excluding ortho intramolecular Hbond substituents is 1. The number of hydrogen-bond acceptors (Lipinski definition) is 3. The molecule has 2 aromatic rings. The lowest BCUT2D eigenvalue weighted by Crippen LogP contribution is -2.10. The molecule has 0 saturated heterocycles. The number of phenols is 1. The van der Waals surface area contributed by atoms with Gasteiger partial charge in [0, 0.05) is 5.69 Å². The van der Waals surface area contributed by atoms with E-state index in [0.29, 0.717) is 5.69 Å². The number of rotatable bonds is 2. The Morgan fingerprint density at radius 2 is 1.83 bits per heavy atom. The van der Waals surface area contributed by atoms with Gasteiger partial charge in [-0.15, -0.1) is 0 Å². The third-order valence-corrected chi connectivity index (χ3v) is 2.50. The molecule has 0 radical (unpaired) electrons. The average molecular weight is 243 g/mol. The van der Waals surface area contributed by atoms with Gasteiger partial charge in [-0.2, -0.15) is 0 Å². The maximum absolute atomic E-state index is 11.0. The fraction of sp³-hybridized carbons (Fsp3) is 0.0714. The Balaban J connectivity index is 2.19. The highest BCUT2D eigenvalue weighted by Gasteiger charge is 2.02. The van der Waals surface area contributed by atoms with Crippen molar-refractivity contribution in [1.82, 2.24) is 0 Å². The van der Waals surface area contributed by atoms with Gasteiger partial charge in [0.25, 0.3) is 0 Å². The summed E-state index contributed by atoms with van der Waals surface area (Å²) in [7, 11) is 1.32. The minimum absolute atomic E-state index is 0.226. The van der Waals surface area contributed by atoms with E-state index in [1.54, 1.807) is 30.3 Å². The highest BCUT2D eigenvalue weighted by molar-refractivity contribution is 5.85. The summed E-state index contributed by atoms with van der Waals surface area (Å²) >= 11 is 0. The second-order valence-electron chi connectivity index (χ2n) is 3.74. The number of ether oxygens (including phenoxy) is 1. The number of hydrogen-bond donors (Lipinski definition) is 2. The smallest absolute Gasteiger partial charge is 0.411 e. The maximum Gasteiger partial charge on any atom is 0.411 e. The van der Waals surface area contributed by atoms with E-state index < -0.39 is 6.09 Å². The van der Waals surface area contributed by atoms with E-state index in [0.717, 1.165) is 11.1 Å². The van der Waals surface area contributed by atoms with E-state index in [1.807, 2.05) is 18.2 Å². The second-order valence-corrected chi connectivity index (χ2v) is 3.74. The highest BCUT2D eigenvalue weighted by Crippen LogP contribution is 2.24. The molecule has 92 valence electrons. The van der Waals surface area contributed by atoms with E-state index >= 15 is 0 Å². The number of benzene rings is 2.